The van der Waals surface area contributed by atoms with Crippen LogP contribution >= 0.6 is 0 Å². The Morgan fingerprint density at radius 3 is 2.81 bits per heavy atom. The van der Waals surface area contributed by atoms with Gasteiger partial charge in [-0.2, -0.15) is 10.1 Å². The van der Waals surface area contributed by atoms with E-state index in [1.54, 1.807) is 0 Å². The van der Waals surface area contributed by atoms with Gasteiger partial charge in [-0.3, -0.25) is 9.48 Å². The Morgan fingerprint density at radius 1 is 1.28 bits per heavy atom. The predicted octanol–water partition coefficient (Wildman–Crippen LogP) is 4.94. The van der Waals surface area contributed by atoms with Crippen LogP contribution in [0, 0.1) is 12.3 Å². The molecule has 0 radical (unpaired) electrons. The van der Waals surface area contributed by atoms with Crippen molar-refractivity contribution in [2.75, 3.05) is 6.61 Å². The van der Waals surface area contributed by atoms with Crippen molar-refractivity contribution >= 4 is 5.97 Å². The molecule has 0 aliphatic heterocycles. The number of rotatable bonds is 7. The van der Waals surface area contributed by atoms with Crippen molar-refractivity contribution in [3.05, 3.63) is 40.6 Å². The molecule has 0 saturated carbocycles. The van der Waals surface area contributed by atoms with Gasteiger partial charge in [0.15, 0.2) is 5.69 Å². The van der Waals surface area contributed by atoms with E-state index in [-0.39, 0.29) is 11.4 Å². The first-order valence-corrected chi connectivity index (χ1v) is 11.5. The fourth-order valence-corrected chi connectivity index (χ4v) is 4.47. The predicted molar refractivity (Wildman–Crippen MR) is 122 cm³/mol. The Labute approximate surface area is 189 Å². The highest BCUT2D eigenvalue weighted by molar-refractivity contribution is 5.70. The molecule has 0 atom stereocenters. The molecular formula is C25H32N4O3. The number of esters is 1. The van der Waals surface area contributed by atoms with Crippen LogP contribution in [0.1, 0.15) is 62.9 Å². The molecule has 0 unspecified atom stereocenters. The topological polar surface area (TPSA) is 83.0 Å². The molecule has 7 nitrogen and oxygen atoms in total. The molecule has 0 fully saturated rings. The van der Waals surface area contributed by atoms with E-state index in [0.29, 0.717) is 31.2 Å². The minimum absolute atomic E-state index is 0.171. The van der Waals surface area contributed by atoms with E-state index in [2.05, 4.69) is 36.7 Å². The molecule has 1 aromatic carbocycles. The molecule has 0 saturated heterocycles. The molecule has 2 heterocycles. The smallest absolute Gasteiger partial charge is 0.306 e. The molecule has 0 spiro atoms. The minimum atomic E-state index is -0.171. The van der Waals surface area contributed by atoms with Crippen molar-refractivity contribution in [3.63, 3.8) is 0 Å². The first-order chi connectivity index (χ1) is 15.3. The van der Waals surface area contributed by atoms with Gasteiger partial charge in [0.2, 0.25) is 5.82 Å². The van der Waals surface area contributed by atoms with E-state index in [0.717, 1.165) is 48.2 Å². The van der Waals surface area contributed by atoms with Gasteiger partial charge in [0.05, 0.1) is 6.61 Å². The molecule has 4 rings (SSSR count). The number of benzene rings is 1. The van der Waals surface area contributed by atoms with Gasteiger partial charge in [0.25, 0.3) is 5.89 Å². The fourth-order valence-electron chi connectivity index (χ4n) is 4.47. The summed E-state index contributed by atoms with van der Waals surface area (Å²) in [6.45, 7) is 11.8. The maximum absolute atomic E-state index is 11.6. The average molecular weight is 437 g/mol. The van der Waals surface area contributed by atoms with Crippen molar-refractivity contribution in [3.8, 4) is 23.0 Å². The maximum atomic E-state index is 11.6. The monoisotopic (exact) mass is 436 g/mol. The van der Waals surface area contributed by atoms with Crippen LogP contribution in [0.5, 0.6) is 0 Å². The molecule has 7 heteroatoms. The van der Waals surface area contributed by atoms with Gasteiger partial charge in [-0.25, -0.2) is 0 Å². The highest BCUT2D eigenvalue weighted by Crippen LogP contribution is 2.39. The second kappa shape index (κ2) is 8.88. The van der Waals surface area contributed by atoms with E-state index < -0.39 is 0 Å². The third-order valence-corrected chi connectivity index (χ3v) is 6.25. The highest BCUT2D eigenvalue weighted by Gasteiger charge is 2.32. The van der Waals surface area contributed by atoms with Crippen molar-refractivity contribution in [1.29, 1.82) is 0 Å². The number of nitrogens with zero attached hydrogens (tertiary/aromatic N) is 4. The molecule has 170 valence electrons. The molecule has 32 heavy (non-hydrogen) atoms. The lowest BCUT2D eigenvalue weighted by atomic mass is 9.76. The lowest BCUT2D eigenvalue weighted by Crippen LogP contribution is -2.24. The number of carbonyl (C=O) groups is 1. The molecule has 0 bridgehead atoms. The van der Waals surface area contributed by atoms with Crippen LogP contribution < -0.4 is 0 Å². The number of hydrogen-bond acceptors (Lipinski definition) is 6. The van der Waals surface area contributed by atoms with Gasteiger partial charge in [-0.15, -0.1) is 0 Å². The van der Waals surface area contributed by atoms with Crippen LogP contribution in [-0.4, -0.2) is 32.5 Å². The van der Waals surface area contributed by atoms with Crippen molar-refractivity contribution < 1.29 is 14.1 Å². The molecule has 0 N–H and O–H groups in total. The molecule has 3 aromatic rings. The van der Waals surface area contributed by atoms with E-state index in [1.165, 1.54) is 11.3 Å². The summed E-state index contributed by atoms with van der Waals surface area (Å²) in [6, 6.07) is 6.07. The average Bonchev–Trinajstić information content (AvgIpc) is 3.36. The van der Waals surface area contributed by atoms with Crippen LogP contribution in [0.2, 0.25) is 0 Å². The van der Waals surface area contributed by atoms with Crippen molar-refractivity contribution in [2.45, 2.75) is 73.3 Å². The van der Waals surface area contributed by atoms with Gasteiger partial charge in [0.1, 0.15) is 0 Å². The highest BCUT2D eigenvalue weighted by atomic mass is 16.5. The molecule has 1 aliphatic carbocycles. The summed E-state index contributed by atoms with van der Waals surface area (Å²) in [5.41, 5.74) is 6.68. The third-order valence-electron chi connectivity index (χ3n) is 6.25. The molecule has 0 amide bonds. The Hall–Kier alpha value is -2.96. The Morgan fingerprint density at radius 2 is 2.09 bits per heavy atom. The molecule has 2 aromatic heterocycles. The van der Waals surface area contributed by atoms with Crippen LogP contribution in [0.4, 0.5) is 0 Å². The van der Waals surface area contributed by atoms with Crippen LogP contribution in [-0.2, 0) is 35.3 Å². The minimum Gasteiger partial charge on any atom is -0.466 e. The lowest BCUT2D eigenvalue weighted by molar-refractivity contribution is -0.143. The lowest BCUT2D eigenvalue weighted by Gasteiger charge is -2.30. The van der Waals surface area contributed by atoms with Gasteiger partial charge in [0, 0.05) is 29.8 Å². The number of ether oxygens (including phenoxy) is 1. The largest absolute Gasteiger partial charge is 0.466 e. The van der Waals surface area contributed by atoms with Gasteiger partial charge in [-0.1, -0.05) is 37.2 Å². The van der Waals surface area contributed by atoms with Gasteiger partial charge in [-0.05, 0) is 63.0 Å². The van der Waals surface area contributed by atoms with E-state index in [9.17, 15) is 4.79 Å². The summed E-state index contributed by atoms with van der Waals surface area (Å²) in [6.07, 6.45) is 4.13. The van der Waals surface area contributed by atoms with E-state index in [1.807, 2.05) is 26.0 Å². The van der Waals surface area contributed by atoms with Crippen molar-refractivity contribution in [1.82, 2.24) is 19.9 Å². The summed E-state index contributed by atoms with van der Waals surface area (Å²) in [7, 11) is 0. The summed E-state index contributed by atoms with van der Waals surface area (Å²) in [5.74, 6) is 0.870. The maximum Gasteiger partial charge on any atom is 0.306 e. The van der Waals surface area contributed by atoms with E-state index in [4.69, 9.17) is 19.3 Å². The summed E-state index contributed by atoms with van der Waals surface area (Å²) < 4.78 is 12.8. The van der Waals surface area contributed by atoms with Crippen LogP contribution in [0.15, 0.2) is 22.7 Å². The normalized spacial score (nSPS) is 14.9. The number of aryl methyl sites for hydroxylation is 3. The third kappa shape index (κ3) is 4.47. The second-order valence-electron chi connectivity index (χ2n) is 9.31. The number of hydrogen-bond donors (Lipinski definition) is 0. The van der Waals surface area contributed by atoms with Crippen LogP contribution in [0.25, 0.3) is 23.0 Å². The zero-order chi connectivity index (χ0) is 22.9. The summed E-state index contributed by atoms with van der Waals surface area (Å²) in [4.78, 5) is 16.3. The SMILES string of the molecule is CCOC(=O)CCc1ccc(-c2noc(-c3nn(CC)c4c3CCC(C)(C)C4)n2)c(C)c1. The molecular weight excluding hydrogens is 404 g/mol. The number of aromatic nitrogens is 4. The summed E-state index contributed by atoms with van der Waals surface area (Å²) >= 11 is 0. The van der Waals surface area contributed by atoms with E-state index >= 15 is 0 Å². The Bertz CT molecular complexity index is 1130. The second-order valence-corrected chi connectivity index (χ2v) is 9.31. The zero-order valence-electron chi connectivity index (χ0n) is 19.7. The Kier molecular flexibility index (Phi) is 6.17. The first kappa shape index (κ1) is 22.2. The standard InChI is InChI=1S/C25H32N4O3/c1-6-29-20-15-25(4,5)13-12-19(20)22(27-29)24-26-23(28-32-24)18-10-8-17(14-16(18)3)9-11-21(30)31-7-2/h8,10,14H,6-7,9,11-13,15H2,1-5H3. The van der Waals surface area contributed by atoms with Crippen molar-refractivity contribution in [2.24, 2.45) is 5.41 Å². The van der Waals surface area contributed by atoms with Crippen LogP contribution in [0.3, 0.4) is 0 Å². The fraction of sp³-hybridized carbons (Fsp3) is 0.520. The summed E-state index contributed by atoms with van der Waals surface area (Å²) in [5, 5.41) is 9.08. The quantitative estimate of drug-likeness (QED) is 0.488. The Balaban J connectivity index is 1.57. The molecule has 1 aliphatic rings. The number of fused-ring (bicyclic) bond motifs is 1. The number of carbonyl (C=O) groups excluding carboxylic acids is 1. The first-order valence-electron chi connectivity index (χ1n) is 11.5. The van der Waals surface area contributed by atoms with Gasteiger partial charge >= 0.3 is 5.97 Å². The zero-order valence-corrected chi connectivity index (χ0v) is 19.7. The van der Waals surface area contributed by atoms with Gasteiger partial charge < -0.3 is 9.26 Å².